The molecule has 1 aliphatic rings. The number of hydrogen-bond acceptors (Lipinski definition) is 4. The largest absolute Gasteiger partial charge is 0.360 e. The Morgan fingerprint density at radius 3 is 2.83 bits per heavy atom. The van der Waals surface area contributed by atoms with E-state index in [1.807, 2.05) is 17.5 Å². The number of carbonyl (C=O) groups excluding carboxylic acids is 1. The van der Waals surface area contributed by atoms with E-state index < -0.39 is 5.54 Å². The minimum Gasteiger partial charge on any atom is -0.360 e. The van der Waals surface area contributed by atoms with Gasteiger partial charge in [-0.05, 0) is 41.8 Å². The SMILES string of the molecule is CNC(=N)NC(C=O)(c1cc(-c2cncc(Cl)c2)cs1)C1CC1. The second-order valence-electron chi connectivity index (χ2n) is 5.60. The summed E-state index contributed by atoms with van der Waals surface area (Å²) in [7, 11) is 1.66. The molecule has 0 aliphatic heterocycles. The van der Waals surface area contributed by atoms with E-state index in [0.29, 0.717) is 5.02 Å². The summed E-state index contributed by atoms with van der Waals surface area (Å²) in [4.78, 5) is 17.0. The standard InChI is InChI=1S/C16H17ClN4OS/c1-19-15(18)21-16(9-22,12-2-3-12)14-5-11(8-23-14)10-4-13(17)7-20-6-10/h4-9,12H,2-3H2,1H3,(H3,18,19,21). The van der Waals surface area contributed by atoms with Crippen LogP contribution in [-0.4, -0.2) is 24.3 Å². The maximum atomic E-state index is 11.9. The number of pyridine rings is 1. The molecular formula is C16H17ClN4OS. The van der Waals surface area contributed by atoms with E-state index in [-0.39, 0.29) is 11.9 Å². The highest BCUT2D eigenvalue weighted by Crippen LogP contribution is 2.47. The van der Waals surface area contributed by atoms with Gasteiger partial charge in [0.2, 0.25) is 0 Å². The van der Waals surface area contributed by atoms with Crippen molar-refractivity contribution in [1.82, 2.24) is 15.6 Å². The quantitative estimate of drug-likeness (QED) is 0.441. The van der Waals surface area contributed by atoms with Gasteiger partial charge in [0.1, 0.15) is 5.54 Å². The Balaban J connectivity index is 1.98. The lowest BCUT2D eigenvalue weighted by molar-refractivity contribution is -0.113. The van der Waals surface area contributed by atoms with Crippen LogP contribution in [-0.2, 0) is 10.3 Å². The molecule has 0 amide bonds. The second kappa shape index (κ2) is 6.29. The lowest BCUT2D eigenvalue weighted by atomic mass is 9.92. The highest BCUT2D eigenvalue weighted by Gasteiger charge is 2.48. The lowest BCUT2D eigenvalue weighted by Crippen LogP contribution is -2.51. The number of halogens is 1. The number of aldehydes is 1. The fourth-order valence-electron chi connectivity index (χ4n) is 2.63. The van der Waals surface area contributed by atoms with Gasteiger partial charge in [-0.2, -0.15) is 0 Å². The lowest BCUT2D eigenvalue weighted by Gasteiger charge is -2.29. The molecule has 1 atom stereocenters. The molecule has 0 bridgehead atoms. The summed E-state index contributed by atoms with van der Waals surface area (Å²) in [6.07, 6.45) is 6.24. The zero-order chi connectivity index (χ0) is 16.4. The molecule has 2 aromatic rings. The van der Waals surface area contributed by atoms with Crippen molar-refractivity contribution in [2.45, 2.75) is 18.4 Å². The molecule has 0 saturated heterocycles. The monoisotopic (exact) mass is 348 g/mol. The van der Waals surface area contributed by atoms with Crippen molar-refractivity contribution >= 4 is 35.2 Å². The highest BCUT2D eigenvalue weighted by molar-refractivity contribution is 7.10. The molecule has 0 aromatic carbocycles. The van der Waals surface area contributed by atoms with E-state index in [1.54, 1.807) is 19.4 Å². The molecule has 2 aromatic heterocycles. The van der Waals surface area contributed by atoms with E-state index in [1.165, 1.54) is 11.3 Å². The molecule has 1 fully saturated rings. The van der Waals surface area contributed by atoms with Gasteiger partial charge >= 0.3 is 0 Å². The molecule has 3 rings (SSSR count). The minimum absolute atomic E-state index is 0.142. The molecule has 5 nitrogen and oxygen atoms in total. The van der Waals surface area contributed by atoms with E-state index in [4.69, 9.17) is 17.0 Å². The van der Waals surface area contributed by atoms with Gasteiger partial charge in [0.25, 0.3) is 0 Å². The van der Waals surface area contributed by atoms with Crippen LogP contribution in [0.2, 0.25) is 5.02 Å². The number of rotatable bonds is 5. The molecule has 23 heavy (non-hydrogen) atoms. The summed E-state index contributed by atoms with van der Waals surface area (Å²) >= 11 is 7.52. The summed E-state index contributed by atoms with van der Waals surface area (Å²) in [5.41, 5.74) is 1.05. The van der Waals surface area contributed by atoms with Gasteiger partial charge in [-0.3, -0.25) is 10.4 Å². The number of hydrogen-bond donors (Lipinski definition) is 3. The molecule has 0 radical (unpaired) electrons. The number of nitrogens with one attached hydrogen (secondary N) is 3. The number of guanidine groups is 1. The van der Waals surface area contributed by atoms with Crippen LogP contribution in [0.1, 0.15) is 17.7 Å². The average Bonchev–Trinajstić information content (AvgIpc) is 3.29. The Hall–Kier alpha value is -1.92. The minimum atomic E-state index is -0.838. The van der Waals surface area contributed by atoms with Crippen molar-refractivity contribution in [1.29, 1.82) is 5.41 Å². The van der Waals surface area contributed by atoms with Crippen LogP contribution in [0.25, 0.3) is 11.1 Å². The van der Waals surface area contributed by atoms with Crippen LogP contribution >= 0.6 is 22.9 Å². The molecule has 1 aliphatic carbocycles. The number of nitrogens with zero attached hydrogens (tertiary/aromatic N) is 1. The first-order valence-corrected chi connectivity index (χ1v) is 8.55. The summed E-state index contributed by atoms with van der Waals surface area (Å²) < 4.78 is 0. The zero-order valence-electron chi connectivity index (χ0n) is 12.6. The van der Waals surface area contributed by atoms with Gasteiger partial charge in [-0.25, -0.2) is 0 Å². The Kier molecular flexibility index (Phi) is 4.37. The number of aromatic nitrogens is 1. The maximum absolute atomic E-state index is 11.9. The molecule has 1 saturated carbocycles. The number of thiophene rings is 1. The van der Waals surface area contributed by atoms with Gasteiger partial charge in [0.15, 0.2) is 12.2 Å². The van der Waals surface area contributed by atoms with Crippen molar-refractivity contribution in [3.05, 3.63) is 39.8 Å². The summed E-state index contributed by atoms with van der Waals surface area (Å²) in [6, 6.07) is 3.84. The van der Waals surface area contributed by atoms with Crippen molar-refractivity contribution in [3.63, 3.8) is 0 Å². The molecule has 7 heteroatoms. The van der Waals surface area contributed by atoms with Crippen molar-refractivity contribution in [3.8, 4) is 11.1 Å². The average molecular weight is 349 g/mol. The van der Waals surface area contributed by atoms with Crippen LogP contribution in [0.5, 0.6) is 0 Å². The van der Waals surface area contributed by atoms with Gasteiger partial charge in [-0.1, -0.05) is 11.6 Å². The van der Waals surface area contributed by atoms with Crippen LogP contribution in [0.15, 0.2) is 29.9 Å². The summed E-state index contributed by atoms with van der Waals surface area (Å²) in [5, 5.41) is 16.2. The van der Waals surface area contributed by atoms with E-state index in [0.717, 1.165) is 35.1 Å². The molecular weight excluding hydrogens is 332 g/mol. The highest BCUT2D eigenvalue weighted by atomic mass is 35.5. The van der Waals surface area contributed by atoms with Crippen molar-refractivity contribution in [2.24, 2.45) is 5.92 Å². The summed E-state index contributed by atoms with van der Waals surface area (Å²) in [5.74, 6) is 0.362. The van der Waals surface area contributed by atoms with Gasteiger partial charge in [0.05, 0.1) is 5.02 Å². The first kappa shape index (κ1) is 16.0. The molecule has 2 heterocycles. The van der Waals surface area contributed by atoms with Crippen LogP contribution in [0, 0.1) is 11.3 Å². The molecule has 3 N–H and O–H groups in total. The third-order valence-electron chi connectivity index (χ3n) is 4.03. The predicted octanol–water partition coefficient (Wildman–Crippen LogP) is 3.01. The molecule has 1 unspecified atom stereocenters. The van der Waals surface area contributed by atoms with Gasteiger partial charge in [-0.15, -0.1) is 11.3 Å². The Bertz CT molecular complexity index is 743. The molecule has 0 spiro atoms. The fourth-order valence-corrected chi connectivity index (χ4v) is 3.92. The zero-order valence-corrected chi connectivity index (χ0v) is 14.2. The van der Waals surface area contributed by atoms with E-state index in [2.05, 4.69) is 15.6 Å². The first-order chi connectivity index (χ1) is 11.1. The van der Waals surface area contributed by atoms with Crippen LogP contribution < -0.4 is 10.6 Å². The topological polar surface area (TPSA) is 77.9 Å². The van der Waals surface area contributed by atoms with E-state index >= 15 is 0 Å². The molecule has 120 valence electrons. The van der Waals surface area contributed by atoms with Crippen molar-refractivity contribution in [2.75, 3.05) is 7.05 Å². The van der Waals surface area contributed by atoms with Crippen LogP contribution in [0.4, 0.5) is 0 Å². The third kappa shape index (κ3) is 3.09. The summed E-state index contributed by atoms with van der Waals surface area (Å²) in [6.45, 7) is 0. The van der Waals surface area contributed by atoms with Gasteiger partial charge in [0, 0.05) is 29.9 Å². The normalized spacial score (nSPS) is 16.4. The predicted molar refractivity (Wildman–Crippen MR) is 92.9 cm³/mol. The van der Waals surface area contributed by atoms with Crippen molar-refractivity contribution < 1.29 is 4.79 Å². The Morgan fingerprint density at radius 2 is 2.22 bits per heavy atom. The van der Waals surface area contributed by atoms with Crippen LogP contribution in [0.3, 0.4) is 0 Å². The maximum Gasteiger partial charge on any atom is 0.189 e. The van der Waals surface area contributed by atoms with Gasteiger partial charge < -0.3 is 15.4 Å². The third-order valence-corrected chi connectivity index (χ3v) is 5.32. The smallest absolute Gasteiger partial charge is 0.189 e. The fraction of sp³-hybridized carbons (Fsp3) is 0.312. The first-order valence-electron chi connectivity index (χ1n) is 7.30. The van der Waals surface area contributed by atoms with E-state index in [9.17, 15) is 4.79 Å². The Morgan fingerprint density at radius 1 is 1.43 bits per heavy atom. The number of carbonyl (C=O) groups is 1. The Labute approximate surface area is 143 Å². The second-order valence-corrected chi connectivity index (χ2v) is 6.95.